The molecular weight excluding hydrogens is 322 g/mol. The minimum Gasteiger partial charge on any atom is -0.488 e. The second kappa shape index (κ2) is 14.2. The molecule has 0 aromatic heterocycles. The zero-order valence-electron chi connectivity index (χ0n) is 15.5. The number of rotatable bonds is 11. The third kappa shape index (κ3) is 9.64. The number of likely N-dealkylation sites (N-methyl/N-ethyl adjacent to an activating group) is 1. The Morgan fingerprint density at radius 1 is 1.28 bits per heavy atom. The second-order valence-electron chi connectivity index (χ2n) is 4.65. The highest BCUT2D eigenvalue weighted by atomic mass is 16.7. The summed E-state index contributed by atoms with van der Waals surface area (Å²) in [5, 5.41) is 2.46. The van der Waals surface area contributed by atoms with Crippen molar-refractivity contribution in [3.63, 3.8) is 0 Å². The number of ether oxygens (including phenoxy) is 3. The van der Waals surface area contributed by atoms with Gasteiger partial charge in [-0.15, -0.1) is 6.58 Å². The zero-order valence-corrected chi connectivity index (χ0v) is 15.5. The van der Waals surface area contributed by atoms with E-state index in [2.05, 4.69) is 11.9 Å². The minimum absolute atomic E-state index is 0.0470. The second-order valence-corrected chi connectivity index (χ2v) is 4.65. The highest BCUT2D eigenvalue weighted by Gasteiger charge is 2.13. The molecule has 1 rings (SSSR count). The number of amides is 1. The number of nitrogens with one attached hydrogen (secondary N) is 1. The highest BCUT2D eigenvalue weighted by molar-refractivity contribution is 5.96. The van der Waals surface area contributed by atoms with Crippen LogP contribution in [0.2, 0.25) is 0 Å². The zero-order chi connectivity index (χ0) is 19.1. The lowest BCUT2D eigenvalue weighted by Crippen LogP contribution is -2.31. The Morgan fingerprint density at radius 2 is 2.00 bits per heavy atom. The highest BCUT2D eigenvalue weighted by Crippen LogP contribution is 2.15. The van der Waals surface area contributed by atoms with Gasteiger partial charge in [-0.25, -0.2) is 0 Å². The first-order chi connectivity index (χ1) is 12.1. The van der Waals surface area contributed by atoms with Gasteiger partial charge in [0.1, 0.15) is 19.0 Å². The first kappa shape index (κ1) is 22.8. The van der Waals surface area contributed by atoms with Crippen LogP contribution in [0.5, 0.6) is 5.75 Å². The third-order valence-electron chi connectivity index (χ3n) is 2.94. The fourth-order valence-electron chi connectivity index (χ4n) is 1.69. The van der Waals surface area contributed by atoms with Gasteiger partial charge in [0.05, 0.1) is 6.61 Å². The van der Waals surface area contributed by atoms with Crippen LogP contribution >= 0.6 is 0 Å². The normalized spacial score (nSPS) is 10.9. The summed E-state index contributed by atoms with van der Waals surface area (Å²) in [6.07, 6.45) is 1.30. The molecule has 0 spiro atoms. The molecule has 0 radical (unpaired) electrons. The Balaban J connectivity index is 0.00000277. The molecule has 1 aromatic rings. The molecule has 0 aliphatic heterocycles. The van der Waals surface area contributed by atoms with Crippen LogP contribution in [0, 0.1) is 0 Å². The number of carbonyl (C=O) groups is 2. The van der Waals surface area contributed by atoms with Crippen molar-refractivity contribution in [3.05, 3.63) is 42.5 Å². The Labute approximate surface area is 150 Å². The lowest BCUT2D eigenvalue weighted by atomic mass is 10.1. The van der Waals surface area contributed by atoms with Gasteiger partial charge in [-0.3, -0.25) is 9.59 Å². The van der Waals surface area contributed by atoms with Crippen LogP contribution < -0.4 is 10.1 Å². The summed E-state index contributed by atoms with van der Waals surface area (Å²) in [5.74, 6) is 0.332. The van der Waals surface area contributed by atoms with E-state index < -0.39 is 6.29 Å². The number of hydrogen-bond donors (Lipinski definition) is 1. The molecule has 0 heterocycles. The Hall–Kier alpha value is -2.18. The fraction of sp³-hybridized carbons (Fsp3) is 0.474. The summed E-state index contributed by atoms with van der Waals surface area (Å²) in [6, 6.07) is 6.92. The Morgan fingerprint density at radius 3 is 2.60 bits per heavy atom. The maximum atomic E-state index is 11.7. The summed E-state index contributed by atoms with van der Waals surface area (Å²) in [4.78, 5) is 22.9. The van der Waals surface area contributed by atoms with Crippen molar-refractivity contribution >= 4 is 11.7 Å². The van der Waals surface area contributed by atoms with Crippen molar-refractivity contribution in [2.75, 3.05) is 26.9 Å². The Bertz CT molecular complexity index is 530. The molecule has 6 heteroatoms. The van der Waals surface area contributed by atoms with Crippen LogP contribution in [0.1, 0.15) is 37.6 Å². The van der Waals surface area contributed by atoms with E-state index in [1.807, 2.05) is 20.8 Å². The van der Waals surface area contributed by atoms with E-state index in [9.17, 15) is 9.59 Å². The van der Waals surface area contributed by atoms with Crippen molar-refractivity contribution < 1.29 is 23.8 Å². The summed E-state index contributed by atoms with van der Waals surface area (Å²) in [6.45, 7) is 9.61. The van der Waals surface area contributed by atoms with Crippen LogP contribution in [0.4, 0.5) is 0 Å². The molecule has 1 N–H and O–H groups in total. The van der Waals surface area contributed by atoms with E-state index in [4.69, 9.17) is 14.2 Å². The molecule has 25 heavy (non-hydrogen) atoms. The molecule has 0 saturated carbocycles. The number of hydrogen-bond acceptors (Lipinski definition) is 5. The van der Waals surface area contributed by atoms with Gasteiger partial charge >= 0.3 is 0 Å². The van der Waals surface area contributed by atoms with Gasteiger partial charge in [0, 0.05) is 19.0 Å². The monoisotopic (exact) mass is 351 g/mol. The SMILES string of the molecule is C=CCOC(COc1cccc(C(=O)CC)c1)OCC(=O)NC.CC. The fourth-order valence-corrected chi connectivity index (χ4v) is 1.69. The average Bonchev–Trinajstić information content (AvgIpc) is 2.68. The van der Waals surface area contributed by atoms with Crippen LogP contribution in [-0.2, 0) is 14.3 Å². The van der Waals surface area contributed by atoms with E-state index in [0.29, 0.717) is 17.7 Å². The molecule has 1 unspecified atom stereocenters. The summed E-state index contributed by atoms with van der Waals surface area (Å²) >= 11 is 0. The topological polar surface area (TPSA) is 73.9 Å². The number of ketones is 1. The molecule has 1 aromatic carbocycles. The van der Waals surface area contributed by atoms with Crippen molar-refractivity contribution in [3.8, 4) is 5.75 Å². The van der Waals surface area contributed by atoms with Gasteiger partial charge in [0.2, 0.25) is 5.91 Å². The molecular formula is C19H29NO5. The standard InChI is InChI=1S/C17H23NO5.C2H6/c1-4-9-21-17(23-11-16(20)18-3)12-22-14-8-6-7-13(10-14)15(19)5-2;1-2/h4,6-8,10,17H,1,5,9,11-12H2,2-3H3,(H,18,20);1-2H3. The van der Waals surface area contributed by atoms with Crippen LogP contribution in [0.15, 0.2) is 36.9 Å². The van der Waals surface area contributed by atoms with Crippen LogP contribution in [0.3, 0.4) is 0 Å². The van der Waals surface area contributed by atoms with Gasteiger partial charge in [0.15, 0.2) is 12.1 Å². The summed E-state index contributed by atoms with van der Waals surface area (Å²) in [7, 11) is 1.53. The predicted octanol–water partition coefficient (Wildman–Crippen LogP) is 2.98. The number of carbonyl (C=O) groups excluding carboxylic acids is 2. The maximum Gasteiger partial charge on any atom is 0.245 e. The van der Waals surface area contributed by atoms with Crippen LogP contribution in [-0.4, -0.2) is 44.8 Å². The molecule has 0 fully saturated rings. The van der Waals surface area contributed by atoms with Crippen molar-refractivity contribution in [2.45, 2.75) is 33.5 Å². The average molecular weight is 351 g/mol. The van der Waals surface area contributed by atoms with E-state index in [0.717, 1.165) is 0 Å². The smallest absolute Gasteiger partial charge is 0.245 e. The van der Waals surface area contributed by atoms with Gasteiger partial charge in [-0.2, -0.15) is 0 Å². The quantitative estimate of drug-likeness (QED) is 0.377. The molecule has 1 amide bonds. The van der Waals surface area contributed by atoms with E-state index in [-0.39, 0.29) is 31.5 Å². The molecule has 140 valence electrons. The van der Waals surface area contributed by atoms with E-state index in [1.165, 1.54) is 7.05 Å². The minimum atomic E-state index is -0.712. The van der Waals surface area contributed by atoms with Gasteiger partial charge < -0.3 is 19.5 Å². The van der Waals surface area contributed by atoms with Crippen molar-refractivity contribution in [1.82, 2.24) is 5.32 Å². The number of Topliss-reactive ketones (excluding diaryl/α,β-unsaturated/α-hetero) is 1. The first-order valence-electron chi connectivity index (χ1n) is 8.41. The summed E-state index contributed by atoms with van der Waals surface area (Å²) in [5.41, 5.74) is 0.597. The molecule has 0 aliphatic carbocycles. The molecule has 0 aliphatic rings. The van der Waals surface area contributed by atoms with E-state index >= 15 is 0 Å². The third-order valence-corrected chi connectivity index (χ3v) is 2.94. The largest absolute Gasteiger partial charge is 0.488 e. The molecule has 1 atom stereocenters. The molecule has 0 saturated heterocycles. The maximum absolute atomic E-state index is 11.7. The number of benzene rings is 1. The Kier molecular flexibility index (Phi) is 13.0. The van der Waals surface area contributed by atoms with Crippen LogP contribution in [0.25, 0.3) is 0 Å². The molecule has 6 nitrogen and oxygen atoms in total. The van der Waals surface area contributed by atoms with E-state index in [1.54, 1.807) is 30.3 Å². The van der Waals surface area contributed by atoms with Crippen molar-refractivity contribution in [1.29, 1.82) is 0 Å². The first-order valence-corrected chi connectivity index (χ1v) is 8.41. The molecule has 0 bridgehead atoms. The lowest BCUT2D eigenvalue weighted by molar-refractivity contribution is -0.162. The van der Waals surface area contributed by atoms with Crippen molar-refractivity contribution in [2.24, 2.45) is 0 Å². The lowest BCUT2D eigenvalue weighted by Gasteiger charge is -2.18. The summed E-state index contributed by atoms with van der Waals surface area (Å²) < 4.78 is 16.3. The van der Waals surface area contributed by atoms with Gasteiger partial charge in [-0.1, -0.05) is 39.0 Å². The van der Waals surface area contributed by atoms with Gasteiger partial charge in [0.25, 0.3) is 0 Å². The predicted molar refractivity (Wildman–Crippen MR) is 97.9 cm³/mol. The van der Waals surface area contributed by atoms with Gasteiger partial charge in [-0.05, 0) is 12.1 Å².